The predicted octanol–water partition coefficient (Wildman–Crippen LogP) is 3.28. The largest absolute Gasteiger partial charge is 0.388 e. The Bertz CT molecular complexity index is 651. The van der Waals surface area contributed by atoms with Gasteiger partial charge in [-0.1, -0.05) is 24.2 Å². The number of hydrogen-bond acceptors (Lipinski definition) is 5. The highest BCUT2D eigenvalue weighted by molar-refractivity contribution is 5.19. The van der Waals surface area contributed by atoms with E-state index in [1.54, 1.807) is 12.1 Å². The van der Waals surface area contributed by atoms with E-state index in [1.165, 1.54) is 12.1 Å². The molecule has 0 bridgehead atoms. The molecule has 0 radical (unpaired) electrons. The van der Waals surface area contributed by atoms with Gasteiger partial charge in [-0.15, -0.1) is 0 Å². The van der Waals surface area contributed by atoms with Crippen LogP contribution in [0.5, 0.6) is 0 Å². The van der Waals surface area contributed by atoms with Gasteiger partial charge in [0.05, 0.1) is 12.1 Å². The van der Waals surface area contributed by atoms with Crippen molar-refractivity contribution in [3.63, 3.8) is 0 Å². The molecule has 0 saturated carbocycles. The number of piperidine rings is 1. The number of hydrogen-bond donors (Lipinski definition) is 1. The highest BCUT2D eigenvalue weighted by Crippen LogP contribution is 2.33. The molecule has 24 heavy (non-hydrogen) atoms. The number of benzene rings is 1. The lowest BCUT2D eigenvalue weighted by Crippen LogP contribution is -2.37. The third-order valence-electron chi connectivity index (χ3n) is 4.94. The molecule has 1 saturated heterocycles. The van der Waals surface area contributed by atoms with Gasteiger partial charge in [-0.3, -0.25) is 4.90 Å². The van der Waals surface area contributed by atoms with Gasteiger partial charge in [-0.2, -0.15) is 4.98 Å². The molecule has 5 nitrogen and oxygen atoms in total. The number of aliphatic hydroxyl groups excluding tert-OH is 1. The molecule has 3 rings (SSSR count). The van der Waals surface area contributed by atoms with Crippen LogP contribution in [0, 0.1) is 11.7 Å². The van der Waals surface area contributed by atoms with Crippen molar-refractivity contribution in [1.82, 2.24) is 15.0 Å². The minimum Gasteiger partial charge on any atom is -0.388 e. The smallest absolute Gasteiger partial charge is 0.243 e. The zero-order valence-corrected chi connectivity index (χ0v) is 14.2. The van der Waals surface area contributed by atoms with E-state index in [-0.39, 0.29) is 17.8 Å². The SMILES string of the molecule is CCc1noc(C(C)N2CCC(C(O)c3ccc(F)cc3)CC2)n1. The van der Waals surface area contributed by atoms with Gasteiger partial charge < -0.3 is 9.63 Å². The van der Waals surface area contributed by atoms with Gasteiger partial charge in [-0.25, -0.2) is 4.39 Å². The summed E-state index contributed by atoms with van der Waals surface area (Å²) in [5.41, 5.74) is 0.785. The first-order valence-corrected chi connectivity index (χ1v) is 8.58. The van der Waals surface area contributed by atoms with Crippen molar-refractivity contribution in [3.8, 4) is 0 Å². The molecule has 0 amide bonds. The number of rotatable bonds is 5. The molecule has 2 unspecified atom stereocenters. The second-order valence-corrected chi connectivity index (χ2v) is 6.45. The van der Waals surface area contributed by atoms with E-state index in [9.17, 15) is 9.50 Å². The van der Waals surface area contributed by atoms with Gasteiger partial charge in [0.15, 0.2) is 5.82 Å². The first-order valence-electron chi connectivity index (χ1n) is 8.58. The van der Waals surface area contributed by atoms with Crippen LogP contribution in [0.3, 0.4) is 0 Å². The Labute approximate surface area is 141 Å². The third-order valence-corrected chi connectivity index (χ3v) is 4.94. The van der Waals surface area contributed by atoms with Crippen LogP contribution in [-0.4, -0.2) is 33.2 Å². The quantitative estimate of drug-likeness (QED) is 0.910. The summed E-state index contributed by atoms with van der Waals surface area (Å²) in [4.78, 5) is 6.72. The molecule has 0 spiro atoms. The van der Waals surface area contributed by atoms with Gasteiger partial charge >= 0.3 is 0 Å². The van der Waals surface area contributed by atoms with Crippen LogP contribution < -0.4 is 0 Å². The molecule has 1 N–H and O–H groups in total. The minimum absolute atomic E-state index is 0.0849. The van der Waals surface area contributed by atoms with Crippen LogP contribution in [-0.2, 0) is 6.42 Å². The average Bonchev–Trinajstić information content (AvgIpc) is 3.10. The normalized spacial score (nSPS) is 19.3. The van der Waals surface area contributed by atoms with Crippen LogP contribution in [0.4, 0.5) is 4.39 Å². The number of likely N-dealkylation sites (tertiary alicyclic amines) is 1. The van der Waals surface area contributed by atoms with Gasteiger partial charge in [-0.05, 0) is 56.5 Å². The van der Waals surface area contributed by atoms with Gasteiger partial charge in [0.2, 0.25) is 5.89 Å². The Morgan fingerprint density at radius 2 is 1.96 bits per heavy atom. The van der Waals surface area contributed by atoms with Crippen LogP contribution >= 0.6 is 0 Å². The lowest BCUT2D eigenvalue weighted by atomic mass is 9.87. The predicted molar refractivity (Wildman–Crippen MR) is 87.7 cm³/mol. The van der Waals surface area contributed by atoms with Crippen molar-refractivity contribution in [1.29, 1.82) is 0 Å². The summed E-state index contributed by atoms with van der Waals surface area (Å²) in [5, 5.41) is 14.5. The molecule has 6 heteroatoms. The fourth-order valence-electron chi connectivity index (χ4n) is 3.29. The summed E-state index contributed by atoms with van der Waals surface area (Å²) in [7, 11) is 0. The molecule has 2 aromatic rings. The van der Waals surface area contributed by atoms with E-state index >= 15 is 0 Å². The minimum atomic E-state index is -0.543. The maximum atomic E-state index is 13.0. The average molecular weight is 333 g/mol. The van der Waals surface area contributed by atoms with E-state index in [0.717, 1.165) is 43.7 Å². The zero-order chi connectivity index (χ0) is 17.1. The number of aliphatic hydroxyl groups is 1. The molecule has 130 valence electrons. The number of aromatic nitrogens is 2. The fraction of sp³-hybridized carbons (Fsp3) is 0.556. The molecule has 1 aliphatic rings. The zero-order valence-electron chi connectivity index (χ0n) is 14.2. The van der Waals surface area contributed by atoms with Crippen molar-refractivity contribution in [2.24, 2.45) is 5.92 Å². The molecule has 1 aliphatic heterocycles. The molecule has 0 aliphatic carbocycles. The molecule has 1 aromatic carbocycles. The highest BCUT2D eigenvalue weighted by atomic mass is 19.1. The summed E-state index contributed by atoms with van der Waals surface area (Å²) in [6, 6.07) is 6.22. The number of halogens is 1. The summed E-state index contributed by atoms with van der Waals surface area (Å²) < 4.78 is 18.4. The third kappa shape index (κ3) is 3.65. The summed E-state index contributed by atoms with van der Waals surface area (Å²) in [6.45, 7) is 5.81. The Balaban J connectivity index is 1.57. The summed E-state index contributed by atoms with van der Waals surface area (Å²) >= 11 is 0. The second-order valence-electron chi connectivity index (χ2n) is 6.45. The fourth-order valence-corrected chi connectivity index (χ4v) is 3.29. The number of aryl methyl sites for hydroxylation is 1. The second kappa shape index (κ2) is 7.40. The molecular weight excluding hydrogens is 309 g/mol. The maximum absolute atomic E-state index is 13.0. The number of nitrogens with zero attached hydrogens (tertiary/aromatic N) is 3. The lowest BCUT2D eigenvalue weighted by molar-refractivity contribution is 0.0420. The van der Waals surface area contributed by atoms with E-state index in [4.69, 9.17) is 4.52 Å². The topological polar surface area (TPSA) is 62.4 Å². The van der Waals surface area contributed by atoms with Gasteiger partial charge in [0, 0.05) is 6.42 Å². The van der Waals surface area contributed by atoms with E-state index < -0.39 is 6.10 Å². The summed E-state index contributed by atoms with van der Waals surface area (Å²) in [6.07, 6.45) is 2.00. The Kier molecular flexibility index (Phi) is 5.26. The van der Waals surface area contributed by atoms with Crippen molar-refractivity contribution >= 4 is 0 Å². The van der Waals surface area contributed by atoms with Crippen LogP contribution in [0.2, 0.25) is 0 Å². The first-order chi connectivity index (χ1) is 11.6. The van der Waals surface area contributed by atoms with Crippen molar-refractivity contribution in [3.05, 3.63) is 47.4 Å². The van der Waals surface area contributed by atoms with Crippen molar-refractivity contribution < 1.29 is 14.0 Å². The first kappa shape index (κ1) is 17.0. The van der Waals surface area contributed by atoms with E-state index in [0.29, 0.717) is 5.89 Å². The monoisotopic (exact) mass is 333 g/mol. The van der Waals surface area contributed by atoms with Crippen molar-refractivity contribution in [2.75, 3.05) is 13.1 Å². The Hall–Kier alpha value is -1.79. The molecular formula is C18H24FN3O2. The Morgan fingerprint density at radius 1 is 1.29 bits per heavy atom. The molecule has 2 atom stereocenters. The highest BCUT2D eigenvalue weighted by Gasteiger charge is 2.30. The molecule has 2 heterocycles. The van der Waals surface area contributed by atoms with Gasteiger partial charge in [0.1, 0.15) is 5.82 Å². The van der Waals surface area contributed by atoms with E-state index in [2.05, 4.69) is 22.0 Å². The van der Waals surface area contributed by atoms with E-state index in [1.807, 2.05) is 6.92 Å². The van der Waals surface area contributed by atoms with Crippen LogP contribution in [0.1, 0.15) is 56.1 Å². The Morgan fingerprint density at radius 3 is 2.54 bits per heavy atom. The molecule has 1 aromatic heterocycles. The van der Waals surface area contributed by atoms with Gasteiger partial charge in [0.25, 0.3) is 0 Å². The van der Waals surface area contributed by atoms with Crippen LogP contribution in [0.25, 0.3) is 0 Å². The lowest BCUT2D eigenvalue weighted by Gasteiger charge is -2.36. The maximum Gasteiger partial charge on any atom is 0.243 e. The molecule has 1 fully saturated rings. The van der Waals surface area contributed by atoms with Crippen molar-refractivity contribution in [2.45, 2.75) is 45.3 Å². The summed E-state index contributed by atoms with van der Waals surface area (Å²) in [5.74, 6) is 1.30. The standard InChI is InChI=1S/C18H24FN3O2/c1-3-16-20-18(24-21-16)12(2)22-10-8-14(9-11-22)17(23)13-4-6-15(19)7-5-13/h4-7,12,14,17,23H,3,8-11H2,1-2H3. The van der Waals surface area contributed by atoms with Crippen LogP contribution in [0.15, 0.2) is 28.8 Å².